The summed E-state index contributed by atoms with van der Waals surface area (Å²) in [5, 5.41) is 10.3. The number of hydrogen-bond acceptors (Lipinski definition) is 3. The zero-order valence-corrected chi connectivity index (χ0v) is 11.8. The fourth-order valence-electron chi connectivity index (χ4n) is 2.01. The van der Waals surface area contributed by atoms with Crippen LogP contribution >= 0.6 is 0 Å². The first-order valence-electron chi connectivity index (χ1n) is 6.31. The van der Waals surface area contributed by atoms with Crippen LogP contribution in [0.1, 0.15) is 17.2 Å². The van der Waals surface area contributed by atoms with Gasteiger partial charge in [0.1, 0.15) is 17.7 Å². The smallest absolute Gasteiger partial charge is 0.133 e. The molecule has 0 aliphatic carbocycles. The van der Waals surface area contributed by atoms with Crippen molar-refractivity contribution in [1.29, 1.82) is 0 Å². The van der Waals surface area contributed by atoms with Crippen LogP contribution in [0.3, 0.4) is 0 Å². The molecule has 2 aromatic carbocycles. The predicted molar refractivity (Wildman–Crippen MR) is 77.8 cm³/mol. The molecule has 0 radical (unpaired) electrons. The lowest BCUT2D eigenvalue weighted by atomic mass is 10.0. The van der Waals surface area contributed by atoms with Gasteiger partial charge in [-0.3, -0.25) is 0 Å². The molecule has 0 fully saturated rings. The van der Waals surface area contributed by atoms with E-state index in [4.69, 9.17) is 4.74 Å². The third-order valence-corrected chi connectivity index (χ3v) is 3.20. The van der Waals surface area contributed by atoms with Gasteiger partial charge in [-0.15, -0.1) is 0 Å². The second kappa shape index (κ2) is 5.92. The van der Waals surface area contributed by atoms with Gasteiger partial charge in [0.25, 0.3) is 0 Å². The van der Waals surface area contributed by atoms with Crippen molar-refractivity contribution in [2.24, 2.45) is 0 Å². The molecule has 2 aromatic rings. The Morgan fingerprint density at radius 3 is 2.50 bits per heavy atom. The van der Waals surface area contributed by atoms with Crippen molar-refractivity contribution in [2.45, 2.75) is 6.10 Å². The van der Waals surface area contributed by atoms with Gasteiger partial charge in [-0.1, -0.05) is 12.1 Å². The highest BCUT2D eigenvalue weighted by molar-refractivity contribution is 5.49. The van der Waals surface area contributed by atoms with Gasteiger partial charge in [0.2, 0.25) is 0 Å². The van der Waals surface area contributed by atoms with E-state index in [1.54, 1.807) is 18.2 Å². The maximum atomic E-state index is 14.0. The van der Waals surface area contributed by atoms with Gasteiger partial charge in [0, 0.05) is 31.4 Å². The van der Waals surface area contributed by atoms with Crippen molar-refractivity contribution in [3.05, 3.63) is 59.4 Å². The molecule has 3 nitrogen and oxygen atoms in total. The van der Waals surface area contributed by atoms with E-state index >= 15 is 0 Å². The van der Waals surface area contributed by atoms with Gasteiger partial charge in [-0.05, 0) is 29.8 Å². The number of aliphatic hydroxyl groups excluding tert-OH is 1. The Kier molecular flexibility index (Phi) is 4.25. The topological polar surface area (TPSA) is 32.7 Å². The first-order valence-corrected chi connectivity index (χ1v) is 6.31. The summed E-state index contributed by atoms with van der Waals surface area (Å²) in [4.78, 5) is 1.93. The zero-order chi connectivity index (χ0) is 14.7. The van der Waals surface area contributed by atoms with Gasteiger partial charge in [0.05, 0.1) is 7.11 Å². The summed E-state index contributed by atoms with van der Waals surface area (Å²) >= 11 is 0. The van der Waals surface area contributed by atoms with Crippen LogP contribution in [0, 0.1) is 5.82 Å². The Balaban J connectivity index is 2.35. The van der Waals surface area contributed by atoms with Crippen LogP contribution in [0.15, 0.2) is 42.5 Å². The van der Waals surface area contributed by atoms with E-state index in [1.807, 2.05) is 37.2 Å². The number of anilines is 1. The fraction of sp³-hybridized carbons (Fsp3) is 0.250. The van der Waals surface area contributed by atoms with Gasteiger partial charge in [-0.25, -0.2) is 4.39 Å². The summed E-state index contributed by atoms with van der Waals surface area (Å²) in [6.45, 7) is 0. The molecule has 1 N–H and O–H groups in total. The SMILES string of the molecule is COc1ccc(C(O)c2cccc(N(C)C)c2)c(F)c1. The normalized spacial score (nSPS) is 12.1. The fourth-order valence-corrected chi connectivity index (χ4v) is 2.01. The highest BCUT2D eigenvalue weighted by atomic mass is 19.1. The number of nitrogens with zero attached hydrogens (tertiary/aromatic N) is 1. The Morgan fingerprint density at radius 1 is 1.15 bits per heavy atom. The van der Waals surface area contributed by atoms with Gasteiger partial charge in [-0.2, -0.15) is 0 Å². The van der Waals surface area contributed by atoms with E-state index < -0.39 is 11.9 Å². The number of methoxy groups -OCH3 is 1. The van der Waals surface area contributed by atoms with Crippen LogP contribution in [-0.4, -0.2) is 26.3 Å². The summed E-state index contributed by atoms with van der Waals surface area (Å²) < 4.78 is 18.9. The summed E-state index contributed by atoms with van der Waals surface area (Å²) in [5.74, 6) is -0.0485. The molecule has 0 spiro atoms. The molecule has 0 aromatic heterocycles. The lowest BCUT2D eigenvalue weighted by Crippen LogP contribution is -2.10. The molecule has 0 bridgehead atoms. The Hall–Kier alpha value is -2.07. The number of hydrogen-bond donors (Lipinski definition) is 1. The number of rotatable bonds is 4. The molecule has 20 heavy (non-hydrogen) atoms. The van der Waals surface area contributed by atoms with Crippen LogP contribution in [-0.2, 0) is 0 Å². The lowest BCUT2D eigenvalue weighted by Gasteiger charge is -2.17. The number of benzene rings is 2. The molecule has 0 saturated carbocycles. The largest absolute Gasteiger partial charge is 0.497 e. The molecule has 0 aliphatic rings. The van der Waals surface area contributed by atoms with E-state index in [2.05, 4.69) is 0 Å². The predicted octanol–water partition coefficient (Wildman–Crippen LogP) is 2.98. The van der Waals surface area contributed by atoms with Crippen molar-refractivity contribution in [1.82, 2.24) is 0 Å². The standard InChI is InChI=1S/C16H18FNO2/c1-18(2)12-6-4-5-11(9-12)16(19)14-8-7-13(20-3)10-15(14)17/h4-10,16,19H,1-3H3. The molecule has 4 heteroatoms. The molecular weight excluding hydrogens is 257 g/mol. The minimum absolute atomic E-state index is 0.238. The molecule has 0 saturated heterocycles. The van der Waals surface area contributed by atoms with Gasteiger partial charge >= 0.3 is 0 Å². The highest BCUT2D eigenvalue weighted by Crippen LogP contribution is 2.28. The zero-order valence-electron chi connectivity index (χ0n) is 11.8. The Morgan fingerprint density at radius 2 is 1.90 bits per heavy atom. The Bertz CT molecular complexity index is 599. The van der Waals surface area contributed by atoms with E-state index in [1.165, 1.54) is 13.2 Å². The van der Waals surface area contributed by atoms with Crippen LogP contribution < -0.4 is 9.64 Å². The summed E-state index contributed by atoms with van der Waals surface area (Å²) in [5.41, 5.74) is 1.84. The summed E-state index contributed by atoms with van der Waals surface area (Å²) in [6.07, 6.45) is -0.999. The molecule has 1 unspecified atom stereocenters. The lowest BCUT2D eigenvalue weighted by molar-refractivity contribution is 0.214. The molecular formula is C16H18FNO2. The van der Waals surface area contributed by atoms with Gasteiger partial charge < -0.3 is 14.7 Å². The van der Waals surface area contributed by atoms with Crippen molar-refractivity contribution in [3.8, 4) is 5.75 Å². The van der Waals surface area contributed by atoms with E-state index in [0.29, 0.717) is 11.3 Å². The monoisotopic (exact) mass is 275 g/mol. The van der Waals surface area contributed by atoms with E-state index in [-0.39, 0.29) is 5.56 Å². The second-order valence-corrected chi connectivity index (χ2v) is 4.78. The first kappa shape index (κ1) is 14.3. The molecule has 0 aliphatic heterocycles. The average molecular weight is 275 g/mol. The minimum Gasteiger partial charge on any atom is -0.497 e. The number of aliphatic hydroxyl groups is 1. The third kappa shape index (κ3) is 2.91. The summed E-state index contributed by atoms with van der Waals surface area (Å²) in [7, 11) is 5.31. The van der Waals surface area contributed by atoms with Crippen molar-refractivity contribution < 1.29 is 14.2 Å². The van der Waals surface area contributed by atoms with E-state index in [9.17, 15) is 9.50 Å². The van der Waals surface area contributed by atoms with Crippen molar-refractivity contribution >= 4 is 5.69 Å². The van der Waals surface area contributed by atoms with Crippen LogP contribution in [0.5, 0.6) is 5.75 Å². The van der Waals surface area contributed by atoms with E-state index in [0.717, 1.165) is 5.69 Å². The Labute approximate surface area is 118 Å². The number of halogens is 1. The maximum Gasteiger partial charge on any atom is 0.133 e. The molecule has 1 atom stereocenters. The minimum atomic E-state index is -0.999. The number of ether oxygens (including phenoxy) is 1. The molecule has 0 heterocycles. The quantitative estimate of drug-likeness (QED) is 0.931. The van der Waals surface area contributed by atoms with Crippen molar-refractivity contribution in [2.75, 3.05) is 26.1 Å². The average Bonchev–Trinajstić information content (AvgIpc) is 2.46. The van der Waals surface area contributed by atoms with Crippen LogP contribution in [0.2, 0.25) is 0 Å². The van der Waals surface area contributed by atoms with Crippen LogP contribution in [0.25, 0.3) is 0 Å². The highest BCUT2D eigenvalue weighted by Gasteiger charge is 2.16. The molecule has 106 valence electrons. The van der Waals surface area contributed by atoms with Crippen molar-refractivity contribution in [3.63, 3.8) is 0 Å². The first-order chi connectivity index (χ1) is 9.52. The third-order valence-electron chi connectivity index (χ3n) is 3.20. The summed E-state index contributed by atoms with van der Waals surface area (Å²) in [6, 6.07) is 11.8. The molecule has 2 rings (SSSR count). The molecule has 0 amide bonds. The maximum absolute atomic E-state index is 14.0. The van der Waals surface area contributed by atoms with Crippen LogP contribution in [0.4, 0.5) is 10.1 Å². The van der Waals surface area contributed by atoms with Gasteiger partial charge in [0.15, 0.2) is 0 Å². The second-order valence-electron chi connectivity index (χ2n) is 4.78.